The molecule has 160 valence electrons. The Labute approximate surface area is 176 Å². The third-order valence-electron chi connectivity index (χ3n) is 4.51. The Kier molecular flexibility index (Phi) is 8.60. The van der Waals surface area contributed by atoms with Crippen LogP contribution in [0, 0.1) is 12.7 Å². The Bertz CT molecular complexity index is 938. The average Bonchev–Trinajstić information content (AvgIpc) is 3.17. The number of aryl methyl sites for hydroxylation is 1. The molecule has 0 unspecified atom stereocenters. The highest BCUT2D eigenvalue weighted by atomic mass is 32.2. The predicted octanol–water partition coefficient (Wildman–Crippen LogP) is 3.13. The summed E-state index contributed by atoms with van der Waals surface area (Å²) in [6.07, 6.45) is 0.689. The summed E-state index contributed by atoms with van der Waals surface area (Å²) in [6.45, 7) is 7.49. The van der Waals surface area contributed by atoms with E-state index in [1.807, 2.05) is 19.9 Å². The molecular weight excluding hydrogens is 411 g/mol. The quantitative estimate of drug-likeness (QED) is 0.464. The third kappa shape index (κ3) is 6.25. The van der Waals surface area contributed by atoms with Crippen LogP contribution < -0.4 is 10.6 Å². The van der Waals surface area contributed by atoms with Crippen LogP contribution in [0.25, 0.3) is 0 Å². The van der Waals surface area contributed by atoms with Gasteiger partial charge >= 0.3 is 0 Å². The first kappa shape index (κ1) is 23.3. The molecule has 0 saturated heterocycles. The minimum absolute atomic E-state index is 0.213. The zero-order valence-corrected chi connectivity index (χ0v) is 19.0. The summed E-state index contributed by atoms with van der Waals surface area (Å²) < 4.78 is 40.3. The molecule has 0 radical (unpaired) electrons. The molecule has 29 heavy (non-hydrogen) atoms. The second-order valence-electron chi connectivity index (χ2n) is 6.50. The van der Waals surface area contributed by atoms with Gasteiger partial charge in [-0.25, -0.2) is 12.8 Å². The maximum Gasteiger partial charge on any atom is 0.252 e. The lowest BCUT2D eigenvalue weighted by molar-refractivity contribution is 0.447. The van der Waals surface area contributed by atoms with Gasteiger partial charge in [0.05, 0.1) is 0 Å². The highest BCUT2D eigenvalue weighted by molar-refractivity contribution is 7.91. The van der Waals surface area contributed by atoms with Crippen molar-refractivity contribution in [1.29, 1.82) is 0 Å². The minimum Gasteiger partial charge on any atom is -0.356 e. The molecule has 1 aromatic carbocycles. The van der Waals surface area contributed by atoms with Crippen LogP contribution in [0.2, 0.25) is 0 Å². The molecule has 1 heterocycles. The van der Waals surface area contributed by atoms with Crippen LogP contribution in [0.3, 0.4) is 0 Å². The first-order chi connectivity index (χ1) is 13.8. The van der Waals surface area contributed by atoms with E-state index < -0.39 is 10.0 Å². The molecular formula is C20H29FN4O2S2. The van der Waals surface area contributed by atoms with Gasteiger partial charge in [0.15, 0.2) is 5.96 Å². The third-order valence-corrected chi connectivity index (χ3v) is 8.17. The van der Waals surface area contributed by atoms with Gasteiger partial charge in [-0.2, -0.15) is 4.31 Å². The van der Waals surface area contributed by atoms with Gasteiger partial charge in [-0.05, 0) is 42.7 Å². The second-order valence-corrected chi connectivity index (χ2v) is 9.83. The van der Waals surface area contributed by atoms with E-state index in [0.29, 0.717) is 48.3 Å². The summed E-state index contributed by atoms with van der Waals surface area (Å²) in [7, 11) is -1.72. The fourth-order valence-corrected chi connectivity index (χ4v) is 5.82. The van der Waals surface area contributed by atoms with E-state index in [1.54, 1.807) is 32.2 Å². The molecule has 0 amide bonds. The highest BCUT2D eigenvalue weighted by Gasteiger charge is 2.23. The van der Waals surface area contributed by atoms with Crippen molar-refractivity contribution in [3.8, 4) is 0 Å². The van der Waals surface area contributed by atoms with E-state index in [2.05, 4.69) is 15.6 Å². The van der Waals surface area contributed by atoms with Crippen LogP contribution in [0.1, 0.15) is 29.9 Å². The summed E-state index contributed by atoms with van der Waals surface area (Å²) in [6, 6.07) is 8.55. The van der Waals surface area contributed by atoms with Gasteiger partial charge in [0.1, 0.15) is 10.0 Å². The van der Waals surface area contributed by atoms with Crippen molar-refractivity contribution in [1.82, 2.24) is 14.9 Å². The SMILES string of the molecule is CCN(CC)S(=O)(=O)c1ccc(CCNC(=NC)NCc2ccc(F)c(C)c2)s1. The highest BCUT2D eigenvalue weighted by Crippen LogP contribution is 2.25. The van der Waals surface area contributed by atoms with E-state index in [-0.39, 0.29) is 5.82 Å². The van der Waals surface area contributed by atoms with Crippen LogP contribution in [0.15, 0.2) is 39.5 Å². The normalized spacial score (nSPS) is 12.4. The topological polar surface area (TPSA) is 73.8 Å². The molecule has 0 aliphatic carbocycles. The number of thiophene rings is 1. The zero-order valence-electron chi connectivity index (χ0n) is 17.3. The van der Waals surface area contributed by atoms with E-state index in [0.717, 1.165) is 10.4 Å². The number of hydrogen-bond donors (Lipinski definition) is 2. The fraction of sp³-hybridized carbons (Fsp3) is 0.450. The van der Waals surface area contributed by atoms with Crippen molar-refractivity contribution in [2.75, 3.05) is 26.7 Å². The zero-order chi connectivity index (χ0) is 21.4. The lowest BCUT2D eigenvalue weighted by Crippen LogP contribution is -2.37. The Hall–Kier alpha value is -1.97. The number of benzene rings is 1. The standard InChI is InChI=1S/C20H29FN4O2S2/c1-5-25(6-2)29(26,27)19-10-8-17(28-19)11-12-23-20(22-4)24-14-16-7-9-18(21)15(3)13-16/h7-10,13H,5-6,11-12,14H2,1-4H3,(H2,22,23,24). The molecule has 2 rings (SSSR count). The smallest absolute Gasteiger partial charge is 0.252 e. The lowest BCUT2D eigenvalue weighted by atomic mass is 10.1. The van der Waals surface area contributed by atoms with E-state index in [9.17, 15) is 12.8 Å². The van der Waals surface area contributed by atoms with Crippen molar-refractivity contribution < 1.29 is 12.8 Å². The largest absolute Gasteiger partial charge is 0.356 e. The van der Waals surface area contributed by atoms with Crippen molar-refractivity contribution >= 4 is 27.3 Å². The molecule has 0 bridgehead atoms. The summed E-state index contributed by atoms with van der Waals surface area (Å²) in [5.74, 6) is 0.425. The number of guanidine groups is 1. The van der Waals surface area contributed by atoms with Crippen LogP contribution in [-0.4, -0.2) is 45.4 Å². The molecule has 6 nitrogen and oxygen atoms in total. The van der Waals surface area contributed by atoms with Crippen LogP contribution in [-0.2, 0) is 23.0 Å². The van der Waals surface area contributed by atoms with Gasteiger partial charge in [-0.15, -0.1) is 11.3 Å². The molecule has 0 saturated carbocycles. The van der Waals surface area contributed by atoms with Crippen molar-refractivity contribution in [3.63, 3.8) is 0 Å². The molecule has 0 fully saturated rings. The van der Waals surface area contributed by atoms with Crippen molar-refractivity contribution in [2.24, 2.45) is 4.99 Å². The van der Waals surface area contributed by atoms with Crippen LogP contribution in [0.4, 0.5) is 4.39 Å². The van der Waals surface area contributed by atoms with E-state index in [4.69, 9.17) is 0 Å². The Morgan fingerprint density at radius 1 is 1.17 bits per heavy atom. The van der Waals surface area contributed by atoms with Crippen molar-refractivity contribution in [2.45, 2.75) is 37.9 Å². The second kappa shape index (κ2) is 10.7. The molecule has 0 atom stereocenters. The van der Waals surface area contributed by atoms with Crippen LogP contribution >= 0.6 is 11.3 Å². The number of sulfonamides is 1. The molecule has 2 N–H and O–H groups in total. The van der Waals surface area contributed by atoms with Gasteiger partial charge in [0.25, 0.3) is 10.0 Å². The van der Waals surface area contributed by atoms with E-state index >= 15 is 0 Å². The first-order valence-electron chi connectivity index (χ1n) is 9.60. The Morgan fingerprint density at radius 3 is 2.52 bits per heavy atom. The molecule has 1 aromatic heterocycles. The van der Waals surface area contributed by atoms with E-state index in [1.165, 1.54) is 21.7 Å². The Morgan fingerprint density at radius 2 is 1.90 bits per heavy atom. The molecule has 0 spiro atoms. The summed E-state index contributed by atoms with van der Waals surface area (Å²) in [5.41, 5.74) is 1.58. The average molecular weight is 441 g/mol. The number of rotatable bonds is 9. The molecule has 0 aliphatic rings. The first-order valence-corrected chi connectivity index (χ1v) is 11.9. The van der Waals surface area contributed by atoms with Gasteiger partial charge in [-0.1, -0.05) is 26.0 Å². The van der Waals surface area contributed by atoms with Gasteiger partial charge in [0, 0.05) is 38.1 Å². The summed E-state index contributed by atoms with van der Waals surface area (Å²) in [5, 5.41) is 6.41. The van der Waals surface area contributed by atoms with Crippen molar-refractivity contribution in [3.05, 3.63) is 52.2 Å². The lowest BCUT2D eigenvalue weighted by Gasteiger charge is -2.16. The van der Waals surface area contributed by atoms with Gasteiger partial charge < -0.3 is 10.6 Å². The summed E-state index contributed by atoms with van der Waals surface area (Å²) in [4.78, 5) is 5.18. The van der Waals surface area contributed by atoms with Gasteiger partial charge in [-0.3, -0.25) is 4.99 Å². The predicted molar refractivity (Wildman–Crippen MR) is 117 cm³/mol. The maximum absolute atomic E-state index is 13.4. The number of halogens is 1. The van der Waals surface area contributed by atoms with Gasteiger partial charge in [0.2, 0.25) is 0 Å². The number of hydrogen-bond acceptors (Lipinski definition) is 4. The number of aliphatic imine (C=N–C) groups is 1. The fourth-order valence-electron chi connectivity index (χ4n) is 2.85. The van der Waals surface area contributed by atoms with Crippen LogP contribution in [0.5, 0.6) is 0 Å². The summed E-state index contributed by atoms with van der Waals surface area (Å²) >= 11 is 1.31. The molecule has 9 heteroatoms. The number of nitrogens with one attached hydrogen (secondary N) is 2. The Balaban J connectivity index is 1.87. The monoisotopic (exact) mass is 440 g/mol. The molecule has 0 aliphatic heterocycles. The molecule has 2 aromatic rings. The maximum atomic E-state index is 13.4. The number of nitrogens with zero attached hydrogens (tertiary/aromatic N) is 2. The minimum atomic E-state index is -3.40.